The van der Waals surface area contributed by atoms with Gasteiger partial charge in [-0.25, -0.2) is 0 Å². The monoisotopic (exact) mass is 206 g/mol. The molecule has 0 amide bonds. The van der Waals surface area contributed by atoms with Crippen LogP contribution in [0.4, 0.5) is 0 Å². The zero-order valence-electron chi connectivity index (χ0n) is 8.04. The molecule has 2 N–H and O–H groups in total. The van der Waals surface area contributed by atoms with Crippen LogP contribution in [0.5, 0.6) is 0 Å². The highest BCUT2D eigenvalue weighted by Crippen LogP contribution is 2.24. The van der Waals surface area contributed by atoms with E-state index in [9.17, 15) is 15.0 Å². The van der Waals surface area contributed by atoms with Gasteiger partial charge >= 0.3 is 5.97 Å². The van der Waals surface area contributed by atoms with Gasteiger partial charge in [-0.3, -0.25) is 4.79 Å². The molecule has 1 rings (SSSR count). The molecule has 0 aromatic rings. The van der Waals surface area contributed by atoms with Crippen molar-refractivity contribution >= 4 is 5.97 Å². The molecule has 14 heavy (non-hydrogen) atoms. The van der Waals surface area contributed by atoms with Crippen LogP contribution >= 0.6 is 0 Å². The van der Waals surface area contributed by atoms with Crippen molar-refractivity contribution in [1.82, 2.24) is 0 Å². The number of aliphatic hydroxyl groups excluding tert-OH is 2. The standard InChI is InChI=1S/C8H14O6/c1-12-5(9)3-4-6(10)7(11)8(13-2)14-4/h4,6-8,10-11H,3H2,1-2H3/t4-,6-,7+,8+/m0/s1. The molecule has 4 atom stereocenters. The van der Waals surface area contributed by atoms with Crippen molar-refractivity contribution in [2.75, 3.05) is 14.2 Å². The second-order valence-corrected chi connectivity index (χ2v) is 3.04. The SMILES string of the molecule is COC(=O)C[C@@H]1O[C@@H](OC)[C@H](O)[C@H]1O. The highest BCUT2D eigenvalue weighted by Gasteiger charge is 2.43. The minimum Gasteiger partial charge on any atom is -0.469 e. The second-order valence-electron chi connectivity index (χ2n) is 3.04. The van der Waals surface area contributed by atoms with Crippen LogP contribution in [-0.2, 0) is 19.0 Å². The number of methoxy groups -OCH3 is 2. The van der Waals surface area contributed by atoms with Crippen molar-refractivity contribution in [3.05, 3.63) is 0 Å². The number of hydrogen-bond acceptors (Lipinski definition) is 6. The van der Waals surface area contributed by atoms with E-state index in [1.165, 1.54) is 14.2 Å². The molecule has 0 aliphatic carbocycles. The van der Waals surface area contributed by atoms with E-state index in [4.69, 9.17) is 9.47 Å². The van der Waals surface area contributed by atoms with E-state index < -0.39 is 30.6 Å². The fraction of sp³-hybridized carbons (Fsp3) is 0.875. The summed E-state index contributed by atoms with van der Waals surface area (Å²) in [4.78, 5) is 10.9. The first-order valence-electron chi connectivity index (χ1n) is 4.21. The molecule has 0 aromatic carbocycles. The number of aliphatic hydroxyl groups is 2. The van der Waals surface area contributed by atoms with Gasteiger partial charge in [0.1, 0.15) is 12.2 Å². The third kappa shape index (κ3) is 2.21. The number of carbonyl (C=O) groups excluding carboxylic acids is 1. The Morgan fingerprint density at radius 3 is 2.43 bits per heavy atom. The van der Waals surface area contributed by atoms with Gasteiger partial charge in [0.2, 0.25) is 0 Å². The molecule has 6 heteroatoms. The van der Waals surface area contributed by atoms with Gasteiger partial charge < -0.3 is 24.4 Å². The van der Waals surface area contributed by atoms with Gasteiger partial charge in [-0.15, -0.1) is 0 Å². The second kappa shape index (κ2) is 4.70. The molecular formula is C8H14O6. The highest BCUT2D eigenvalue weighted by atomic mass is 16.7. The summed E-state index contributed by atoms with van der Waals surface area (Å²) in [5, 5.41) is 18.8. The van der Waals surface area contributed by atoms with Crippen molar-refractivity contribution in [1.29, 1.82) is 0 Å². The van der Waals surface area contributed by atoms with E-state index in [1.807, 2.05) is 0 Å². The van der Waals surface area contributed by atoms with Crippen molar-refractivity contribution in [3.63, 3.8) is 0 Å². The van der Waals surface area contributed by atoms with Gasteiger partial charge in [0.15, 0.2) is 6.29 Å². The van der Waals surface area contributed by atoms with E-state index in [0.717, 1.165) is 0 Å². The first-order chi connectivity index (χ1) is 6.60. The van der Waals surface area contributed by atoms with Crippen molar-refractivity contribution in [2.45, 2.75) is 31.0 Å². The van der Waals surface area contributed by atoms with Crippen LogP contribution < -0.4 is 0 Å². The van der Waals surface area contributed by atoms with Gasteiger partial charge in [0, 0.05) is 7.11 Å². The predicted octanol–water partition coefficient (Wildman–Crippen LogP) is -1.36. The normalized spacial score (nSPS) is 37.1. The molecule has 0 spiro atoms. The summed E-state index contributed by atoms with van der Waals surface area (Å²) in [7, 11) is 2.59. The average Bonchev–Trinajstić information content (AvgIpc) is 2.45. The van der Waals surface area contributed by atoms with E-state index >= 15 is 0 Å². The molecular weight excluding hydrogens is 192 g/mol. The van der Waals surface area contributed by atoms with Gasteiger partial charge in [-0.2, -0.15) is 0 Å². The predicted molar refractivity (Wildman–Crippen MR) is 44.3 cm³/mol. The molecule has 6 nitrogen and oxygen atoms in total. The van der Waals surface area contributed by atoms with Crippen LogP contribution in [0.3, 0.4) is 0 Å². The summed E-state index contributed by atoms with van der Waals surface area (Å²) >= 11 is 0. The van der Waals surface area contributed by atoms with Gasteiger partial charge in [0.25, 0.3) is 0 Å². The molecule has 0 bridgehead atoms. The lowest BCUT2D eigenvalue weighted by molar-refractivity contribution is -0.159. The zero-order chi connectivity index (χ0) is 10.7. The summed E-state index contributed by atoms with van der Waals surface area (Å²) in [5.41, 5.74) is 0. The molecule has 1 saturated heterocycles. The Hall–Kier alpha value is -0.690. The lowest BCUT2D eigenvalue weighted by Crippen LogP contribution is -2.33. The van der Waals surface area contributed by atoms with Crippen molar-refractivity contribution in [3.8, 4) is 0 Å². The number of esters is 1. The Bertz CT molecular complexity index is 206. The quantitative estimate of drug-likeness (QED) is 0.555. The first-order valence-corrected chi connectivity index (χ1v) is 4.21. The topological polar surface area (TPSA) is 85.2 Å². The average molecular weight is 206 g/mol. The smallest absolute Gasteiger partial charge is 0.308 e. The van der Waals surface area contributed by atoms with E-state index in [-0.39, 0.29) is 6.42 Å². The summed E-state index contributed by atoms with van der Waals surface area (Å²) in [6.07, 6.45) is -4.02. The first kappa shape index (κ1) is 11.4. The number of ether oxygens (including phenoxy) is 3. The molecule has 0 radical (unpaired) electrons. The number of carbonyl (C=O) groups is 1. The van der Waals surface area contributed by atoms with Crippen molar-refractivity contribution in [2.24, 2.45) is 0 Å². The fourth-order valence-corrected chi connectivity index (χ4v) is 1.33. The van der Waals surface area contributed by atoms with Crippen LogP contribution in [-0.4, -0.2) is 55.0 Å². The van der Waals surface area contributed by atoms with Gasteiger partial charge in [-0.05, 0) is 0 Å². The molecule has 0 aromatic heterocycles. The number of rotatable bonds is 3. The fourth-order valence-electron chi connectivity index (χ4n) is 1.33. The number of hydrogen-bond donors (Lipinski definition) is 2. The molecule has 1 aliphatic rings. The Balaban J connectivity index is 2.52. The maximum absolute atomic E-state index is 10.9. The third-order valence-electron chi connectivity index (χ3n) is 2.15. The maximum atomic E-state index is 10.9. The van der Waals surface area contributed by atoms with E-state index in [0.29, 0.717) is 0 Å². The van der Waals surface area contributed by atoms with Crippen LogP contribution in [0.1, 0.15) is 6.42 Å². The van der Waals surface area contributed by atoms with Crippen LogP contribution in [0, 0.1) is 0 Å². The van der Waals surface area contributed by atoms with Crippen molar-refractivity contribution < 1.29 is 29.2 Å². The minimum absolute atomic E-state index is 0.103. The van der Waals surface area contributed by atoms with Crippen LogP contribution in [0.2, 0.25) is 0 Å². The Kier molecular flexibility index (Phi) is 3.82. The molecule has 1 aliphatic heterocycles. The minimum atomic E-state index is -1.13. The van der Waals surface area contributed by atoms with Gasteiger partial charge in [-0.1, -0.05) is 0 Å². The van der Waals surface area contributed by atoms with Crippen LogP contribution in [0.15, 0.2) is 0 Å². The Morgan fingerprint density at radius 2 is 2.00 bits per heavy atom. The summed E-state index contributed by atoms with van der Waals surface area (Å²) in [6.45, 7) is 0. The highest BCUT2D eigenvalue weighted by molar-refractivity contribution is 5.69. The van der Waals surface area contributed by atoms with E-state index in [1.54, 1.807) is 0 Å². The van der Waals surface area contributed by atoms with Gasteiger partial charge in [0.05, 0.1) is 19.6 Å². The Morgan fingerprint density at radius 1 is 1.36 bits per heavy atom. The van der Waals surface area contributed by atoms with Crippen LogP contribution in [0.25, 0.3) is 0 Å². The molecule has 82 valence electrons. The Labute approximate surface area is 81.4 Å². The molecule has 0 unspecified atom stereocenters. The summed E-state index contributed by atoms with van der Waals surface area (Å²) < 4.78 is 14.3. The lowest BCUT2D eigenvalue weighted by atomic mass is 10.1. The maximum Gasteiger partial charge on any atom is 0.308 e. The third-order valence-corrected chi connectivity index (χ3v) is 2.15. The summed E-state index contributed by atoms with van der Waals surface area (Å²) in [6, 6.07) is 0. The molecule has 1 fully saturated rings. The lowest BCUT2D eigenvalue weighted by Gasteiger charge is -2.11. The largest absolute Gasteiger partial charge is 0.469 e. The molecule has 1 heterocycles. The summed E-state index contributed by atoms with van der Waals surface area (Å²) in [5.74, 6) is -0.502. The van der Waals surface area contributed by atoms with E-state index in [2.05, 4.69) is 4.74 Å². The molecule has 0 saturated carbocycles. The zero-order valence-corrected chi connectivity index (χ0v) is 8.04.